The Morgan fingerprint density at radius 3 is 2.71 bits per heavy atom. The summed E-state index contributed by atoms with van der Waals surface area (Å²) in [5.41, 5.74) is 0. The van der Waals surface area contributed by atoms with Crippen LogP contribution < -0.4 is 0 Å². The number of nitrogens with zero attached hydrogens (tertiary/aromatic N) is 3. The molecule has 1 amide bonds. The van der Waals surface area contributed by atoms with Crippen LogP contribution >= 0.6 is 0 Å². The number of hydrogen-bond donors (Lipinski definition) is 0. The summed E-state index contributed by atoms with van der Waals surface area (Å²) >= 11 is 0. The first kappa shape index (κ1) is 11.8. The zero-order valence-electron chi connectivity index (χ0n) is 9.54. The van der Waals surface area contributed by atoms with Gasteiger partial charge in [0.25, 0.3) is 11.7 Å². The van der Waals surface area contributed by atoms with Crippen LogP contribution in [0.2, 0.25) is 0 Å². The molecule has 0 radical (unpaired) electrons. The number of carbonyl (C=O) groups is 2. The SMILES string of the molecule is CC1C(F)C(=O)C(=O)N1CCCn1ccnc1. The monoisotopic (exact) mass is 239 g/mol. The molecule has 0 saturated carbocycles. The number of Topliss-reactive ketones (excluding diaryl/α,β-unsaturated/α-hetero) is 1. The highest BCUT2D eigenvalue weighted by Gasteiger charge is 2.44. The Hall–Kier alpha value is -1.72. The lowest BCUT2D eigenvalue weighted by molar-refractivity contribution is -0.141. The van der Waals surface area contributed by atoms with Crippen molar-refractivity contribution < 1.29 is 14.0 Å². The van der Waals surface area contributed by atoms with E-state index in [1.54, 1.807) is 19.4 Å². The Morgan fingerprint density at radius 1 is 1.41 bits per heavy atom. The van der Waals surface area contributed by atoms with Gasteiger partial charge in [-0.3, -0.25) is 9.59 Å². The highest BCUT2D eigenvalue weighted by molar-refractivity contribution is 6.40. The summed E-state index contributed by atoms with van der Waals surface area (Å²) in [6.07, 6.45) is 4.17. The Balaban J connectivity index is 1.87. The van der Waals surface area contributed by atoms with Crippen molar-refractivity contribution in [2.24, 2.45) is 0 Å². The molecule has 2 unspecified atom stereocenters. The number of rotatable bonds is 4. The van der Waals surface area contributed by atoms with Crippen LogP contribution in [0.1, 0.15) is 13.3 Å². The average Bonchev–Trinajstić information content (AvgIpc) is 2.89. The zero-order valence-corrected chi connectivity index (χ0v) is 9.54. The number of alkyl halides is 1. The van der Waals surface area contributed by atoms with E-state index in [-0.39, 0.29) is 0 Å². The number of likely N-dealkylation sites (tertiary alicyclic amines) is 1. The van der Waals surface area contributed by atoms with Gasteiger partial charge in [0.05, 0.1) is 12.4 Å². The molecule has 1 aliphatic rings. The molecular formula is C11H14FN3O2. The van der Waals surface area contributed by atoms with Gasteiger partial charge in [-0.2, -0.15) is 0 Å². The molecular weight excluding hydrogens is 225 g/mol. The fourth-order valence-electron chi connectivity index (χ4n) is 1.97. The van der Waals surface area contributed by atoms with Crippen LogP contribution in [-0.4, -0.2) is 44.9 Å². The van der Waals surface area contributed by atoms with Crippen LogP contribution in [0, 0.1) is 0 Å². The third-order valence-electron chi connectivity index (χ3n) is 3.01. The quantitative estimate of drug-likeness (QED) is 0.715. The molecule has 5 nitrogen and oxygen atoms in total. The van der Waals surface area contributed by atoms with Gasteiger partial charge < -0.3 is 9.47 Å². The van der Waals surface area contributed by atoms with E-state index in [1.165, 1.54) is 4.90 Å². The summed E-state index contributed by atoms with van der Waals surface area (Å²) in [4.78, 5) is 27.8. The minimum Gasteiger partial charge on any atom is -0.337 e. The minimum absolute atomic E-state index is 0.393. The number of halogens is 1. The summed E-state index contributed by atoms with van der Waals surface area (Å²) in [5.74, 6) is -1.62. The minimum atomic E-state index is -1.67. The van der Waals surface area contributed by atoms with E-state index < -0.39 is 23.9 Å². The Morgan fingerprint density at radius 2 is 2.18 bits per heavy atom. The van der Waals surface area contributed by atoms with E-state index in [0.29, 0.717) is 19.5 Å². The molecule has 2 heterocycles. The summed E-state index contributed by atoms with van der Waals surface area (Å²) in [7, 11) is 0. The molecule has 1 fully saturated rings. The zero-order chi connectivity index (χ0) is 12.4. The van der Waals surface area contributed by atoms with Crippen molar-refractivity contribution in [1.29, 1.82) is 0 Å². The van der Waals surface area contributed by atoms with Gasteiger partial charge in [0.2, 0.25) is 0 Å². The summed E-state index contributed by atoms with van der Waals surface area (Å²) in [6, 6.07) is -0.641. The van der Waals surface area contributed by atoms with Gasteiger partial charge in [-0.15, -0.1) is 0 Å². The second-order valence-electron chi connectivity index (χ2n) is 4.16. The van der Waals surface area contributed by atoms with Gasteiger partial charge in [0.15, 0.2) is 6.17 Å². The fraction of sp³-hybridized carbons (Fsp3) is 0.545. The van der Waals surface area contributed by atoms with E-state index in [9.17, 15) is 14.0 Å². The van der Waals surface area contributed by atoms with Crippen molar-refractivity contribution in [3.05, 3.63) is 18.7 Å². The van der Waals surface area contributed by atoms with Gasteiger partial charge in [-0.25, -0.2) is 9.37 Å². The third-order valence-corrected chi connectivity index (χ3v) is 3.01. The van der Waals surface area contributed by atoms with Gasteiger partial charge in [0.1, 0.15) is 0 Å². The molecule has 0 N–H and O–H groups in total. The largest absolute Gasteiger partial charge is 0.337 e. The number of hydrogen-bond acceptors (Lipinski definition) is 3. The van der Waals surface area contributed by atoms with Gasteiger partial charge >= 0.3 is 0 Å². The maximum atomic E-state index is 13.3. The second kappa shape index (κ2) is 4.65. The molecule has 2 atom stereocenters. The lowest BCUT2D eigenvalue weighted by Crippen LogP contribution is -2.34. The highest BCUT2D eigenvalue weighted by atomic mass is 19.1. The molecule has 6 heteroatoms. The first-order valence-electron chi connectivity index (χ1n) is 5.56. The van der Waals surface area contributed by atoms with Gasteiger partial charge in [-0.05, 0) is 13.3 Å². The number of ketones is 1. The summed E-state index contributed by atoms with van der Waals surface area (Å²) in [5, 5.41) is 0. The van der Waals surface area contributed by atoms with Crippen molar-refractivity contribution in [3.8, 4) is 0 Å². The molecule has 1 aromatic heterocycles. The lowest BCUT2D eigenvalue weighted by atomic mass is 10.2. The van der Waals surface area contributed by atoms with E-state index in [1.807, 2.05) is 10.8 Å². The maximum Gasteiger partial charge on any atom is 0.293 e. The van der Waals surface area contributed by atoms with E-state index in [4.69, 9.17) is 0 Å². The number of imidazole rings is 1. The molecule has 1 aliphatic heterocycles. The highest BCUT2D eigenvalue weighted by Crippen LogP contribution is 2.19. The van der Waals surface area contributed by atoms with Crippen molar-refractivity contribution in [2.45, 2.75) is 32.1 Å². The van der Waals surface area contributed by atoms with Crippen molar-refractivity contribution in [1.82, 2.24) is 14.5 Å². The predicted molar refractivity (Wildman–Crippen MR) is 57.9 cm³/mol. The van der Waals surface area contributed by atoms with Crippen LogP contribution in [0.25, 0.3) is 0 Å². The summed E-state index contributed by atoms with van der Waals surface area (Å²) < 4.78 is 15.2. The standard InChI is InChI=1S/C11H14FN3O2/c1-8-9(12)10(16)11(17)15(8)5-2-4-14-6-3-13-7-14/h3,6-9H,2,4-5H2,1H3. The van der Waals surface area contributed by atoms with Crippen molar-refractivity contribution in [2.75, 3.05) is 6.54 Å². The fourth-order valence-corrected chi connectivity index (χ4v) is 1.97. The predicted octanol–water partition coefficient (Wildman–Crippen LogP) is 0.411. The van der Waals surface area contributed by atoms with Crippen molar-refractivity contribution in [3.63, 3.8) is 0 Å². The normalized spacial score (nSPS) is 24.7. The third kappa shape index (κ3) is 2.20. The molecule has 0 aliphatic carbocycles. The molecule has 1 saturated heterocycles. The van der Waals surface area contributed by atoms with Crippen LogP contribution in [0.4, 0.5) is 4.39 Å². The topological polar surface area (TPSA) is 55.2 Å². The molecule has 2 rings (SSSR count). The van der Waals surface area contributed by atoms with Gasteiger partial charge in [0, 0.05) is 25.5 Å². The Bertz CT molecular complexity index is 418. The smallest absolute Gasteiger partial charge is 0.293 e. The first-order valence-corrected chi connectivity index (χ1v) is 5.56. The summed E-state index contributed by atoms with van der Waals surface area (Å²) in [6.45, 7) is 2.65. The molecule has 17 heavy (non-hydrogen) atoms. The van der Waals surface area contributed by atoms with E-state index in [0.717, 1.165) is 0 Å². The number of carbonyl (C=O) groups excluding carboxylic acids is 2. The molecule has 0 bridgehead atoms. The molecule has 0 aromatic carbocycles. The van der Waals surface area contributed by atoms with Crippen LogP contribution in [0.15, 0.2) is 18.7 Å². The first-order chi connectivity index (χ1) is 8.11. The van der Waals surface area contributed by atoms with Crippen LogP contribution in [0.5, 0.6) is 0 Å². The maximum absolute atomic E-state index is 13.3. The Kier molecular flexibility index (Phi) is 3.21. The number of aryl methyl sites for hydroxylation is 1. The lowest BCUT2D eigenvalue weighted by Gasteiger charge is -2.20. The number of amides is 1. The Labute approximate surface area is 98.2 Å². The average molecular weight is 239 g/mol. The second-order valence-corrected chi connectivity index (χ2v) is 4.16. The van der Waals surface area contributed by atoms with Crippen LogP contribution in [-0.2, 0) is 16.1 Å². The molecule has 92 valence electrons. The van der Waals surface area contributed by atoms with Crippen LogP contribution in [0.3, 0.4) is 0 Å². The van der Waals surface area contributed by atoms with Gasteiger partial charge in [-0.1, -0.05) is 0 Å². The molecule has 1 aromatic rings. The van der Waals surface area contributed by atoms with E-state index in [2.05, 4.69) is 4.98 Å². The van der Waals surface area contributed by atoms with E-state index >= 15 is 0 Å². The molecule has 0 spiro atoms. The van der Waals surface area contributed by atoms with Crippen molar-refractivity contribution >= 4 is 11.7 Å². The number of aromatic nitrogens is 2.